The van der Waals surface area contributed by atoms with Gasteiger partial charge in [-0.15, -0.1) is 0 Å². The van der Waals surface area contributed by atoms with Crippen molar-refractivity contribution in [2.45, 2.75) is 78.0 Å². The molecule has 324 valence electrons. The normalized spacial score (nSPS) is 13.8. The van der Waals surface area contributed by atoms with Crippen molar-refractivity contribution in [3.8, 4) is 22.8 Å². The van der Waals surface area contributed by atoms with Crippen LogP contribution in [0.2, 0.25) is 0 Å². The summed E-state index contributed by atoms with van der Waals surface area (Å²) in [5.41, 5.74) is 27.8. The van der Waals surface area contributed by atoms with Crippen molar-refractivity contribution in [3.63, 3.8) is 0 Å². The lowest BCUT2D eigenvalue weighted by atomic mass is 9.89. The van der Waals surface area contributed by atoms with Crippen LogP contribution >= 0.6 is 0 Å². The number of rotatable bonds is 14. The fourth-order valence-corrected chi connectivity index (χ4v) is 7.65. The Morgan fingerprint density at radius 1 is 0.619 bits per heavy atom. The third kappa shape index (κ3) is 10.6. The van der Waals surface area contributed by atoms with E-state index in [0.29, 0.717) is 23.3 Å². The molecule has 0 radical (unpaired) electrons. The van der Waals surface area contributed by atoms with Crippen molar-refractivity contribution < 1.29 is 19.2 Å². The largest absolute Gasteiger partial charge is 0.368 e. The molecule has 0 aliphatic heterocycles. The average molecular weight is 849 g/mol. The highest BCUT2D eigenvalue weighted by molar-refractivity contribution is 5.94. The van der Waals surface area contributed by atoms with Gasteiger partial charge in [0.25, 0.3) is 11.8 Å². The molecule has 2 atom stereocenters. The first-order chi connectivity index (χ1) is 30.2. The molecule has 1 aliphatic rings. The number of aryl methyl sites for hydroxylation is 1. The van der Waals surface area contributed by atoms with Gasteiger partial charge in [-0.2, -0.15) is 0 Å². The minimum absolute atomic E-state index is 0.0474. The minimum Gasteiger partial charge on any atom is -0.368 e. The topological polar surface area (TPSA) is 258 Å². The zero-order valence-corrected chi connectivity index (χ0v) is 35.5. The van der Waals surface area contributed by atoms with E-state index in [9.17, 15) is 19.2 Å². The number of carbonyl (C=O) groups excluding carboxylic acids is 4. The standard InChI is InChI=1S/C24H24N6O2.C23H28N6O2/c1-14-3-5-16(6-4-14)13-30-10-9-17-11-18(7-8-20(17)30)24-28-19(23(26)32)12-21(29-24)27-15(2)22(25)31;1-14(21(24)30)26-20-12-18(22(25)31)27-23(28-20)17-7-8-19-16(11-17)9-10-29(19)13-15-5-3-2-4-6-15/h3-12,15H,13H2,1-2H3,(H2,25,31)(H2,26,32)(H,27,28,29);7-12,14-15H,2-6,13H2,1H3,(H2,24,30)(H2,25,31)(H,26,27,28)/t15-;14-/m00/s1. The molecule has 1 aliphatic carbocycles. The van der Waals surface area contributed by atoms with Crippen LogP contribution in [0.3, 0.4) is 0 Å². The lowest BCUT2D eigenvalue weighted by Crippen LogP contribution is -2.33. The van der Waals surface area contributed by atoms with Crippen LogP contribution in [0, 0.1) is 12.8 Å². The molecule has 1 saturated carbocycles. The first kappa shape index (κ1) is 43.5. The quantitative estimate of drug-likeness (QED) is 0.0755. The van der Waals surface area contributed by atoms with Crippen LogP contribution < -0.4 is 33.6 Å². The first-order valence-electron chi connectivity index (χ1n) is 20.9. The molecule has 1 fully saturated rings. The van der Waals surface area contributed by atoms with Crippen LogP contribution in [-0.4, -0.2) is 64.8 Å². The summed E-state index contributed by atoms with van der Waals surface area (Å²) in [4.78, 5) is 63.9. The molecular weight excluding hydrogens is 797 g/mol. The summed E-state index contributed by atoms with van der Waals surface area (Å²) in [5.74, 6) is -0.380. The number of hydrogen-bond acceptors (Lipinski definition) is 10. The summed E-state index contributed by atoms with van der Waals surface area (Å²) >= 11 is 0. The van der Waals surface area contributed by atoms with Crippen LogP contribution in [0.1, 0.15) is 78.1 Å². The van der Waals surface area contributed by atoms with E-state index >= 15 is 0 Å². The highest BCUT2D eigenvalue weighted by Gasteiger charge is 2.19. The number of aromatic nitrogens is 6. The van der Waals surface area contributed by atoms with Crippen molar-refractivity contribution in [2.75, 3.05) is 10.6 Å². The maximum atomic E-state index is 11.8. The summed E-state index contributed by atoms with van der Waals surface area (Å²) in [6.45, 7) is 7.10. The Bertz CT molecular complexity index is 2810. The smallest absolute Gasteiger partial charge is 0.267 e. The number of nitrogens with two attached hydrogens (primary N) is 4. The molecule has 7 aromatic rings. The van der Waals surface area contributed by atoms with Crippen LogP contribution in [0.4, 0.5) is 11.6 Å². The zero-order valence-electron chi connectivity index (χ0n) is 35.5. The molecule has 0 spiro atoms. The zero-order chi connectivity index (χ0) is 44.8. The first-order valence-corrected chi connectivity index (χ1v) is 20.9. The van der Waals surface area contributed by atoms with E-state index in [-0.39, 0.29) is 11.4 Å². The number of nitrogens with one attached hydrogen (secondary N) is 2. The van der Waals surface area contributed by atoms with Gasteiger partial charge in [0.1, 0.15) is 35.1 Å². The van der Waals surface area contributed by atoms with Gasteiger partial charge in [0.05, 0.1) is 0 Å². The van der Waals surface area contributed by atoms with Crippen LogP contribution in [0.5, 0.6) is 0 Å². The second-order valence-corrected chi connectivity index (χ2v) is 16.1. The fraction of sp³-hybridized carbons (Fsp3) is 0.277. The second kappa shape index (κ2) is 19.0. The minimum atomic E-state index is -0.686. The summed E-state index contributed by atoms with van der Waals surface area (Å²) in [6.07, 6.45) is 10.8. The fourth-order valence-electron chi connectivity index (χ4n) is 7.65. The highest BCUT2D eigenvalue weighted by Crippen LogP contribution is 2.30. The summed E-state index contributed by atoms with van der Waals surface area (Å²) in [5, 5.41) is 7.88. The number of amides is 4. The van der Waals surface area contributed by atoms with Gasteiger partial charge in [-0.05, 0) is 93.6 Å². The third-order valence-corrected chi connectivity index (χ3v) is 11.3. The molecule has 8 rings (SSSR count). The maximum Gasteiger partial charge on any atom is 0.267 e. The number of carbonyl (C=O) groups is 4. The Morgan fingerprint density at radius 3 is 1.57 bits per heavy atom. The van der Waals surface area contributed by atoms with Gasteiger partial charge < -0.3 is 42.7 Å². The molecule has 0 saturated heterocycles. The molecule has 0 unspecified atom stereocenters. The predicted molar refractivity (Wildman–Crippen MR) is 244 cm³/mol. The average Bonchev–Trinajstić information content (AvgIpc) is 3.87. The summed E-state index contributed by atoms with van der Waals surface area (Å²) in [7, 11) is 0. The number of primary amides is 4. The SMILES string of the molecule is C[C@H](Nc1cc(C(N)=O)nc(-c2ccc3c(ccn3CC3CCCCC3)c2)n1)C(N)=O.Cc1ccc(Cn2ccc3cc(-c4nc(N[C@@H](C)C(N)=O)cc(C(N)=O)n4)ccc32)cc1. The number of hydrogen-bond donors (Lipinski definition) is 6. The van der Waals surface area contributed by atoms with Gasteiger partial charge in [0.2, 0.25) is 11.8 Å². The molecule has 4 heterocycles. The van der Waals surface area contributed by atoms with E-state index in [1.165, 1.54) is 60.9 Å². The lowest BCUT2D eigenvalue weighted by Gasteiger charge is -2.22. The van der Waals surface area contributed by atoms with E-state index in [1.54, 1.807) is 13.8 Å². The molecule has 4 amide bonds. The molecule has 16 nitrogen and oxygen atoms in total. The number of anilines is 2. The van der Waals surface area contributed by atoms with Gasteiger partial charge in [0, 0.05) is 70.5 Å². The maximum absolute atomic E-state index is 11.8. The Morgan fingerprint density at radius 2 is 1.10 bits per heavy atom. The van der Waals surface area contributed by atoms with Gasteiger partial charge in [-0.25, -0.2) is 19.9 Å². The van der Waals surface area contributed by atoms with Crippen molar-refractivity contribution in [2.24, 2.45) is 28.9 Å². The Balaban J connectivity index is 0.000000189. The Hall–Kier alpha value is -7.62. The summed E-state index contributed by atoms with van der Waals surface area (Å²) in [6, 6.07) is 26.0. The van der Waals surface area contributed by atoms with E-state index in [1.807, 2.05) is 42.6 Å². The van der Waals surface area contributed by atoms with Gasteiger partial charge in [-0.3, -0.25) is 19.2 Å². The third-order valence-electron chi connectivity index (χ3n) is 11.3. The molecule has 10 N–H and O–H groups in total. The van der Waals surface area contributed by atoms with Crippen molar-refractivity contribution >= 4 is 57.1 Å². The van der Waals surface area contributed by atoms with Crippen molar-refractivity contribution in [1.82, 2.24) is 29.1 Å². The second-order valence-electron chi connectivity index (χ2n) is 16.1. The van der Waals surface area contributed by atoms with E-state index < -0.39 is 35.7 Å². The highest BCUT2D eigenvalue weighted by atomic mass is 16.2. The monoisotopic (exact) mass is 848 g/mol. The molecule has 4 aromatic heterocycles. The summed E-state index contributed by atoms with van der Waals surface area (Å²) < 4.78 is 4.49. The van der Waals surface area contributed by atoms with Gasteiger partial charge >= 0.3 is 0 Å². The van der Waals surface area contributed by atoms with E-state index in [0.717, 1.165) is 46.4 Å². The Kier molecular flexibility index (Phi) is 13.1. The van der Waals surface area contributed by atoms with Gasteiger partial charge in [-0.1, -0.05) is 49.1 Å². The van der Waals surface area contributed by atoms with Crippen LogP contribution in [0.25, 0.3) is 44.6 Å². The lowest BCUT2D eigenvalue weighted by molar-refractivity contribution is -0.119. The van der Waals surface area contributed by atoms with Gasteiger partial charge in [0.15, 0.2) is 11.6 Å². The Labute approximate surface area is 364 Å². The van der Waals surface area contributed by atoms with Crippen LogP contribution in [-0.2, 0) is 22.7 Å². The number of nitrogens with zero attached hydrogens (tertiary/aromatic N) is 6. The molecular formula is C47H52N12O4. The van der Waals surface area contributed by atoms with Crippen molar-refractivity contribution in [1.29, 1.82) is 0 Å². The van der Waals surface area contributed by atoms with E-state index in [2.05, 4.69) is 89.2 Å². The predicted octanol–water partition coefficient (Wildman–Crippen LogP) is 5.90. The number of fused-ring (bicyclic) bond motifs is 2. The van der Waals surface area contributed by atoms with Crippen molar-refractivity contribution in [3.05, 3.63) is 120 Å². The molecule has 0 bridgehead atoms. The number of benzene rings is 3. The molecule has 3 aromatic carbocycles. The van der Waals surface area contributed by atoms with Crippen LogP contribution in [0.15, 0.2) is 97.3 Å². The molecule has 16 heteroatoms. The van der Waals surface area contributed by atoms with E-state index in [4.69, 9.17) is 22.9 Å². The molecule has 63 heavy (non-hydrogen) atoms.